The molecule has 0 aliphatic rings. The van der Waals surface area contributed by atoms with E-state index >= 15 is 0 Å². The lowest BCUT2D eigenvalue weighted by molar-refractivity contribution is 0.105. The number of halogens is 4. The van der Waals surface area contributed by atoms with Crippen LogP contribution in [0.5, 0.6) is 11.5 Å². The van der Waals surface area contributed by atoms with Crippen LogP contribution in [-0.2, 0) is 4.84 Å². The Balaban J connectivity index is 2.58. The van der Waals surface area contributed by atoms with Crippen LogP contribution in [0.2, 0.25) is 5.02 Å². The van der Waals surface area contributed by atoms with Crippen LogP contribution < -0.4 is 9.47 Å². The van der Waals surface area contributed by atoms with E-state index in [2.05, 4.69) is 5.16 Å². The predicted octanol–water partition coefficient (Wildman–Crippen LogP) is 4.97. The van der Waals surface area contributed by atoms with Crippen LogP contribution >= 0.6 is 34.8 Å². The number of oxime groups is 1. The highest BCUT2D eigenvalue weighted by Crippen LogP contribution is 2.32. The molecule has 1 aromatic carbocycles. The van der Waals surface area contributed by atoms with Crippen LogP contribution in [0.4, 0.5) is 4.39 Å². The monoisotopic (exact) mass is 369 g/mol. The van der Waals surface area contributed by atoms with Crippen molar-refractivity contribution in [3.05, 3.63) is 33.5 Å². The Labute approximate surface area is 143 Å². The van der Waals surface area contributed by atoms with Gasteiger partial charge in [0.1, 0.15) is 23.5 Å². The topological polar surface area (TPSA) is 40.0 Å². The maximum absolute atomic E-state index is 13.9. The third-order valence-corrected chi connectivity index (χ3v) is 2.72. The van der Waals surface area contributed by atoms with Gasteiger partial charge in [-0.25, -0.2) is 4.39 Å². The van der Waals surface area contributed by atoms with E-state index in [1.54, 1.807) is 13.8 Å². The molecule has 0 aliphatic heterocycles. The van der Waals surface area contributed by atoms with E-state index < -0.39 is 5.82 Å². The van der Waals surface area contributed by atoms with Crippen LogP contribution in [0, 0.1) is 5.82 Å². The Kier molecular flexibility index (Phi) is 8.38. The average Bonchev–Trinajstić information content (AvgIpc) is 2.40. The van der Waals surface area contributed by atoms with Crippen molar-refractivity contribution in [3.63, 3.8) is 0 Å². The summed E-state index contributed by atoms with van der Waals surface area (Å²) in [6.07, 6.45) is 1.42. The molecule has 0 heterocycles. The van der Waals surface area contributed by atoms with E-state index in [4.69, 9.17) is 49.1 Å². The first-order valence-corrected chi connectivity index (χ1v) is 7.42. The van der Waals surface area contributed by atoms with Gasteiger partial charge in [0.25, 0.3) is 0 Å². The second-order valence-electron chi connectivity index (χ2n) is 4.24. The average molecular weight is 371 g/mol. The van der Waals surface area contributed by atoms with Gasteiger partial charge in [-0.1, -0.05) is 40.0 Å². The quantitative estimate of drug-likeness (QED) is 0.368. The van der Waals surface area contributed by atoms with E-state index in [-0.39, 0.29) is 40.8 Å². The Morgan fingerprint density at radius 3 is 2.55 bits per heavy atom. The second-order valence-corrected chi connectivity index (χ2v) is 5.66. The first-order chi connectivity index (χ1) is 10.4. The molecule has 0 aromatic heterocycles. The summed E-state index contributed by atoms with van der Waals surface area (Å²) in [5.41, 5.74) is 0.775. The highest BCUT2D eigenvalue weighted by molar-refractivity contribution is 6.55. The van der Waals surface area contributed by atoms with E-state index in [9.17, 15) is 4.39 Å². The van der Waals surface area contributed by atoms with Crippen molar-refractivity contribution >= 4 is 40.5 Å². The maximum Gasteiger partial charge on any atom is 0.173 e. The molecule has 0 amide bonds. The predicted molar refractivity (Wildman–Crippen MR) is 86.9 cm³/mol. The number of benzene rings is 1. The molecular weight excluding hydrogens is 356 g/mol. The van der Waals surface area contributed by atoms with Gasteiger partial charge in [0.2, 0.25) is 0 Å². The van der Waals surface area contributed by atoms with Gasteiger partial charge in [-0.15, -0.1) is 0 Å². The Bertz CT molecular complexity index is 533. The molecular formula is C14H15Cl3FNO3. The van der Waals surface area contributed by atoms with Crippen molar-refractivity contribution in [2.75, 3.05) is 19.8 Å². The summed E-state index contributed by atoms with van der Waals surface area (Å²) in [4.78, 5) is 4.94. The van der Waals surface area contributed by atoms with E-state index in [0.29, 0.717) is 0 Å². The number of nitrogens with zero attached hydrogens (tertiary/aromatic N) is 1. The zero-order valence-corrected chi connectivity index (χ0v) is 14.3. The fourth-order valence-corrected chi connectivity index (χ4v) is 1.69. The molecule has 0 N–H and O–H groups in total. The van der Waals surface area contributed by atoms with Gasteiger partial charge in [0, 0.05) is 12.1 Å². The summed E-state index contributed by atoms with van der Waals surface area (Å²) in [7, 11) is 0. The van der Waals surface area contributed by atoms with Gasteiger partial charge in [-0.2, -0.15) is 0 Å². The standard InChI is InChI=1S/C14H15Cl3FNO3/c1-9(2)19-22-6-5-21-14-11(15)7-10(8-12(14)18)20-4-3-13(16)17/h3,7-8H,4-6H2,1-2H3. The van der Waals surface area contributed by atoms with Gasteiger partial charge in [-0.05, 0) is 19.9 Å². The Morgan fingerprint density at radius 2 is 1.95 bits per heavy atom. The molecule has 1 rings (SSSR count). The molecule has 22 heavy (non-hydrogen) atoms. The first kappa shape index (κ1) is 18.9. The minimum absolute atomic E-state index is 0.0662. The third kappa shape index (κ3) is 7.20. The highest BCUT2D eigenvalue weighted by atomic mass is 35.5. The van der Waals surface area contributed by atoms with Crippen LogP contribution in [0.15, 0.2) is 27.9 Å². The van der Waals surface area contributed by atoms with Crippen LogP contribution in [-0.4, -0.2) is 25.5 Å². The smallest absolute Gasteiger partial charge is 0.173 e. The number of hydrogen-bond acceptors (Lipinski definition) is 4. The zero-order valence-electron chi connectivity index (χ0n) is 12.0. The lowest BCUT2D eigenvalue weighted by atomic mass is 10.3. The van der Waals surface area contributed by atoms with Crippen LogP contribution in [0.25, 0.3) is 0 Å². The lowest BCUT2D eigenvalue weighted by Gasteiger charge is -2.11. The molecule has 0 radical (unpaired) electrons. The molecule has 0 fully saturated rings. The van der Waals surface area contributed by atoms with E-state index in [1.165, 1.54) is 12.1 Å². The molecule has 8 heteroatoms. The molecule has 0 saturated heterocycles. The maximum atomic E-state index is 13.9. The third-order valence-electron chi connectivity index (χ3n) is 2.13. The summed E-state index contributed by atoms with van der Waals surface area (Å²) in [5, 5.41) is 3.81. The fraction of sp³-hybridized carbons (Fsp3) is 0.357. The second kappa shape index (κ2) is 9.77. The Morgan fingerprint density at radius 1 is 1.23 bits per heavy atom. The fourth-order valence-electron chi connectivity index (χ4n) is 1.31. The van der Waals surface area contributed by atoms with Gasteiger partial charge in [-0.3, -0.25) is 0 Å². The first-order valence-electron chi connectivity index (χ1n) is 6.29. The summed E-state index contributed by atoms with van der Waals surface area (Å²) in [6.45, 7) is 3.97. The van der Waals surface area contributed by atoms with Gasteiger partial charge in [0.05, 0.1) is 10.7 Å². The summed E-state index contributed by atoms with van der Waals surface area (Å²) in [5.74, 6) is -0.470. The van der Waals surface area contributed by atoms with Gasteiger partial charge in [0.15, 0.2) is 18.2 Å². The number of rotatable bonds is 8. The summed E-state index contributed by atoms with van der Waals surface area (Å²) in [6, 6.07) is 2.59. The van der Waals surface area contributed by atoms with E-state index in [1.807, 2.05) is 0 Å². The highest BCUT2D eigenvalue weighted by Gasteiger charge is 2.12. The molecule has 1 aromatic rings. The van der Waals surface area contributed by atoms with Crippen LogP contribution in [0.3, 0.4) is 0 Å². The number of hydrogen-bond donors (Lipinski definition) is 0. The molecule has 0 saturated carbocycles. The van der Waals surface area contributed by atoms with Crippen molar-refractivity contribution in [2.45, 2.75) is 13.8 Å². The normalized spacial score (nSPS) is 9.91. The van der Waals surface area contributed by atoms with E-state index in [0.717, 1.165) is 11.8 Å². The molecule has 0 unspecified atom stereocenters. The minimum atomic E-state index is -0.640. The van der Waals surface area contributed by atoms with Crippen LogP contribution in [0.1, 0.15) is 13.8 Å². The molecule has 0 aliphatic carbocycles. The van der Waals surface area contributed by atoms with Crippen molar-refractivity contribution in [3.8, 4) is 11.5 Å². The molecule has 0 spiro atoms. The van der Waals surface area contributed by atoms with Gasteiger partial charge >= 0.3 is 0 Å². The summed E-state index contributed by atoms with van der Waals surface area (Å²) < 4.78 is 24.4. The summed E-state index contributed by atoms with van der Waals surface area (Å²) >= 11 is 16.8. The van der Waals surface area contributed by atoms with Crippen molar-refractivity contribution in [1.29, 1.82) is 0 Å². The SMILES string of the molecule is CC(C)=NOCCOc1c(F)cc(OCC=C(Cl)Cl)cc1Cl. The zero-order chi connectivity index (χ0) is 16.5. The largest absolute Gasteiger partial charge is 0.489 e. The van der Waals surface area contributed by atoms with Gasteiger partial charge < -0.3 is 14.3 Å². The molecule has 4 nitrogen and oxygen atoms in total. The Hall–Kier alpha value is -1.17. The molecule has 0 atom stereocenters. The number of ether oxygens (including phenoxy) is 2. The molecule has 0 bridgehead atoms. The van der Waals surface area contributed by atoms with Crippen molar-refractivity contribution in [2.24, 2.45) is 5.16 Å². The minimum Gasteiger partial charge on any atom is -0.489 e. The van der Waals surface area contributed by atoms with Crippen molar-refractivity contribution in [1.82, 2.24) is 0 Å². The molecule has 122 valence electrons. The van der Waals surface area contributed by atoms with Crippen molar-refractivity contribution < 1.29 is 18.7 Å². The lowest BCUT2D eigenvalue weighted by Crippen LogP contribution is -2.06.